The van der Waals surface area contributed by atoms with Crippen LogP contribution in [0.3, 0.4) is 0 Å². The molecule has 0 fully saturated rings. The molecule has 0 aliphatic heterocycles. The average molecular weight is 377 g/mol. The number of methoxy groups -OCH3 is 1. The molecule has 26 heavy (non-hydrogen) atoms. The Labute approximate surface area is 154 Å². The van der Waals surface area contributed by atoms with Crippen LogP contribution in [0.15, 0.2) is 53.4 Å². The van der Waals surface area contributed by atoms with Gasteiger partial charge in [-0.25, -0.2) is 8.42 Å². The van der Waals surface area contributed by atoms with E-state index in [1.807, 2.05) is 0 Å². The Balaban J connectivity index is 2.54. The minimum atomic E-state index is -3.96. The normalized spacial score (nSPS) is 11.3. The number of benzene rings is 2. The monoisotopic (exact) mass is 377 g/mol. The van der Waals surface area contributed by atoms with Gasteiger partial charge in [0.2, 0.25) is 0 Å². The zero-order valence-corrected chi connectivity index (χ0v) is 16.1. The Morgan fingerprint density at radius 1 is 1.12 bits per heavy atom. The Kier molecular flexibility index (Phi) is 6.26. The van der Waals surface area contributed by atoms with E-state index in [0.29, 0.717) is 17.0 Å². The molecule has 0 amide bonds. The van der Waals surface area contributed by atoms with E-state index in [1.54, 1.807) is 57.2 Å². The van der Waals surface area contributed by atoms with Crippen LogP contribution in [0.5, 0.6) is 5.75 Å². The molecule has 0 spiro atoms. The summed E-state index contributed by atoms with van der Waals surface area (Å²) in [5.41, 5.74) is 1.07. The highest BCUT2D eigenvalue weighted by molar-refractivity contribution is 7.92. The predicted octanol–water partition coefficient (Wildman–Crippen LogP) is 3.15. The van der Waals surface area contributed by atoms with Gasteiger partial charge in [-0.2, -0.15) is 0 Å². The summed E-state index contributed by atoms with van der Waals surface area (Å²) >= 11 is 0. The fourth-order valence-electron chi connectivity index (χ4n) is 2.42. The summed E-state index contributed by atoms with van der Waals surface area (Å²) in [4.78, 5) is 12.3. The first kappa shape index (κ1) is 19.8. The molecule has 140 valence electrons. The molecule has 0 heterocycles. The van der Waals surface area contributed by atoms with Crippen molar-refractivity contribution in [1.82, 2.24) is 0 Å². The quantitative estimate of drug-likeness (QED) is 0.693. The van der Waals surface area contributed by atoms with Gasteiger partial charge in [0.1, 0.15) is 12.3 Å². The zero-order valence-electron chi connectivity index (χ0n) is 15.3. The lowest BCUT2D eigenvalue weighted by molar-refractivity contribution is -0.145. The zero-order chi connectivity index (χ0) is 19.3. The van der Waals surface area contributed by atoms with Crippen LogP contribution in [-0.2, 0) is 19.6 Å². The summed E-state index contributed by atoms with van der Waals surface area (Å²) in [7, 11) is -2.46. The largest absolute Gasteiger partial charge is 0.497 e. The van der Waals surface area contributed by atoms with E-state index in [-0.39, 0.29) is 11.0 Å². The van der Waals surface area contributed by atoms with Crippen molar-refractivity contribution in [2.24, 2.45) is 0 Å². The summed E-state index contributed by atoms with van der Waals surface area (Å²) in [6.45, 7) is 4.77. The van der Waals surface area contributed by atoms with Crippen molar-refractivity contribution in [3.8, 4) is 5.75 Å². The third-order valence-corrected chi connectivity index (χ3v) is 5.43. The second-order valence-corrected chi connectivity index (χ2v) is 7.88. The highest BCUT2D eigenvalue weighted by Gasteiger charge is 2.29. The van der Waals surface area contributed by atoms with Crippen LogP contribution in [0.4, 0.5) is 5.69 Å². The first-order valence-electron chi connectivity index (χ1n) is 8.17. The second-order valence-electron chi connectivity index (χ2n) is 6.02. The van der Waals surface area contributed by atoms with E-state index < -0.39 is 22.5 Å². The summed E-state index contributed by atoms with van der Waals surface area (Å²) in [6, 6.07) is 13.1. The molecule has 6 nitrogen and oxygen atoms in total. The van der Waals surface area contributed by atoms with Gasteiger partial charge in [0.25, 0.3) is 10.0 Å². The maximum absolute atomic E-state index is 13.2. The predicted molar refractivity (Wildman–Crippen MR) is 99.9 cm³/mol. The van der Waals surface area contributed by atoms with Gasteiger partial charge >= 0.3 is 5.97 Å². The molecule has 2 aromatic rings. The highest BCUT2D eigenvalue weighted by atomic mass is 32.2. The maximum atomic E-state index is 13.2. The number of nitrogens with zero attached hydrogens (tertiary/aromatic N) is 1. The lowest BCUT2D eigenvalue weighted by Crippen LogP contribution is -2.37. The van der Waals surface area contributed by atoms with Crippen molar-refractivity contribution in [2.45, 2.75) is 31.8 Å². The van der Waals surface area contributed by atoms with E-state index >= 15 is 0 Å². The minimum Gasteiger partial charge on any atom is -0.497 e. The molecule has 0 radical (unpaired) electrons. The van der Waals surface area contributed by atoms with Gasteiger partial charge in [-0.3, -0.25) is 9.10 Å². The number of rotatable bonds is 7. The van der Waals surface area contributed by atoms with Crippen molar-refractivity contribution >= 4 is 21.7 Å². The molecule has 2 rings (SSSR count). The molecule has 0 saturated carbocycles. The first-order valence-corrected chi connectivity index (χ1v) is 9.61. The number of hydrogen-bond donors (Lipinski definition) is 0. The van der Waals surface area contributed by atoms with Crippen LogP contribution < -0.4 is 9.04 Å². The van der Waals surface area contributed by atoms with Crippen LogP contribution in [0.2, 0.25) is 0 Å². The number of anilines is 1. The summed E-state index contributed by atoms with van der Waals surface area (Å²) in [6.07, 6.45) is -0.338. The molecular weight excluding hydrogens is 354 g/mol. The highest BCUT2D eigenvalue weighted by Crippen LogP contribution is 2.30. The number of carbonyl (C=O) groups excluding carboxylic acids is 1. The fraction of sp³-hybridized carbons (Fsp3) is 0.316. The van der Waals surface area contributed by atoms with Crippen LogP contribution in [0.25, 0.3) is 0 Å². The third kappa shape index (κ3) is 4.54. The molecule has 0 bridgehead atoms. The molecular formula is C19H23NO5S. The fourth-order valence-corrected chi connectivity index (χ4v) is 3.91. The lowest BCUT2D eigenvalue weighted by Gasteiger charge is -2.26. The van der Waals surface area contributed by atoms with Crippen LogP contribution in [0.1, 0.15) is 19.4 Å². The standard InChI is InChI=1S/C19H23NO5S/c1-14(2)25-19(21)13-20(18-12-16(24-4)11-10-15(18)3)26(22,23)17-8-6-5-7-9-17/h5-12,14H,13H2,1-4H3. The molecule has 0 saturated heterocycles. The summed E-state index contributed by atoms with van der Waals surface area (Å²) in [5, 5.41) is 0. The average Bonchev–Trinajstić information content (AvgIpc) is 2.60. The van der Waals surface area contributed by atoms with E-state index in [2.05, 4.69) is 0 Å². The lowest BCUT2D eigenvalue weighted by atomic mass is 10.2. The Morgan fingerprint density at radius 3 is 2.35 bits per heavy atom. The van der Waals surface area contributed by atoms with E-state index in [0.717, 1.165) is 4.31 Å². The number of hydrogen-bond acceptors (Lipinski definition) is 5. The van der Waals surface area contributed by atoms with Crippen molar-refractivity contribution in [3.63, 3.8) is 0 Å². The Bertz CT molecular complexity index is 863. The van der Waals surface area contributed by atoms with Crippen molar-refractivity contribution in [1.29, 1.82) is 0 Å². The molecule has 0 atom stereocenters. The van der Waals surface area contributed by atoms with Crippen LogP contribution in [-0.4, -0.2) is 34.1 Å². The molecule has 0 aliphatic carbocycles. The molecule has 0 unspecified atom stereocenters. The molecule has 7 heteroatoms. The van der Waals surface area contributed by atoms with Gasteiger partial charge in [-0.15, -0.1) is 0 Å². The van der Waals surface area contributed by atoms with Crippen molar-refractivity contribution in [3.05, 3.63) is 54.1 Å². The number of sulfonamides is 1. The molecule has 2 aromatic carbocycles. The number of aryl methyl sites for hydroxylation is 1. The molecule has 0 N–H and O–H groups in total. The topological polar surface area (TPSA) is 72.9 Å². The second kappa shape index (κ2) is 8.23. The molecule has 0 aromatic heterocycles. The van der Waals surface area contributed by atoms with Gasteiger partial charge in [0, 0.05) is 6.07 Å². The minimum absolute atomic E-state index is 0.0968. The van der Waals surface area contributed by atoms with Gasteiger partial charge in [-0.1, -0.05) is 24.3 Å². The van der Waals surface area contributed by atoms with E-state index in [1.165, 1.54) is 19.2 Å². The third-order valence-electron chi connectivity index (χ3n) is 3.66. The van der Waals surface area contributed by atoms with Gasteiger partial charge in [0.15, 0.2) is 0 Å². The number of carbonyl (C=O) groups is 1. The number of esters is 1. The van der Waals surface area contributed by atoms with E-state index in [9.17, 15) is 13.2 Å². The van der Waals surface area contributed by atoms with Crippen molar-refractivity contribution < 1.29 is 22.7 Å². The summed E-state index contributed by atoms with van der Waals surface area (Å²) in [5.74, 6) is -0.127. The number of ether oxygens (including phenoxy) is 2. The SMILES string of the molecule is COc1ccc(C)c(N(CC(=O)OC(C)C)S(=O)(=O)c2ccccc2)c1. The summed E-state index contributed by atoms with van der Waals surface area (Å²) < 4.78 is 37.8. The van der Waals surface area contributed by atoms with Crippen LogP contribution in [0, 0.1) is 6.92 Å². The van der Waals surface area contributed by atoms with Gasteiger partial charge < -0.3 is 9.47 Å². The first-order chi connectivity index (χ1) is 12.3. The van der Waals surface area contributed by atoms with Gasteiger partial charge in [0.05, 0.1) is 23.8 Å². The Morgan fingerprint density at radius 2 is 1.77 bits per heavy atom. The van der Waals surface area contributed by atoms with Crippen molar-refractivity contribution in [2.75, 3.05) is 18.0 Å². The van der Waals surface area contributed by atoms with Crippen LogP contribution >= 0.6 is 0 Å². The van der Waals surface area contributed by atoms with E-state index in [4.69, 9.17) is 9.47 Å². The molecule has 0 aliphatic rings. The van der Waals surface area contributed by atoms with Gasteiger partial charge in [-0.05, 0) is 44.5 Å². The maximum Gasteiger partial charge on any atom is 0.327 e. The Hall–Kier alpha value is -2.54. The smallest absolute Gasteiger partial charge is 0.327 e.